The number of Topliss-reactive ketones (excluding diaryl/α,β-unsaturated/α-hetero) is 1. The van der Waals surface area contributed by atoms with Crippen molar-refractivity contribution in [2.45, 2.75) is 18.8 Å². The van der Waals surface area contributed by atoms with Crippen LogP contribution >= 0.6 is 0 Å². The number of halogens is 3. The molecule has 0 aliphatic carbocycles. The van der Waals surface area contributed by atoms with Crippen LogP contribution < -0.4 is 21.1 Å². The summed E-state index contributed by atoms with van der Waals surface area (Å²) in [6.45, 7) is 1.18. The smallest absolute Gasteiger partial charge is 0.378 e. The maximum Gasteiger partial charge on any atom is 0.416 e. The van der Waals surface area contributed by atoms with Crippen LogP contribution in [0.4, 0.5) is 23.7 Å². The highest BCUT2D eigenvalue weighted by Gasteiger charge is 2.33. The molecule has 41 heavy (non-hydrogen) atoms. The van der Waals surface area contributed by atoms with Gasteiger partial charge in [0.05, 0.1) is 35.7 Å². The second-order valence-corrected chi connectivity index (χ2v) is 9.43. The standard InChI is InChI=1S/C29H26F3N5O4/c30-29(31,32)20-10-11-22(23(17-20)37-12-14-41-15-13-37)27(39)35-36-28(40)34-26-24(38)16-19-8-4-5-9-21(19)25(33-26)18-6-2-1-3-7-18/h1-11,17,26H,12-16H2,(H,35,39)(H2,34,36,40)/t26-/m1/s1. The van der Waals surface area contributed by atoms with Gasteiger partial charge in [0.15, 0.2) is 11.9 Å². The van der Waals surface area contributed by atoms with Gasteiger partial charge in [0.2, 0.25) is 0 Å². The van der Waals surface area contributed by atoms with E-state index in [2.05, 4.69) is 21.2 Å². The van der Waals surface area contributed by atoms with Crippen LogP contribution in [-0.4, -0.2) is 55.9 Å². The molecule has 1 fully saturated rings. The molecule has 3 aromatic carbocycles. The van der Waals surface area contributed by atoms with Crippen LogP contribution in [0.3, 0.4) is 0 Å². The van der Waals surface area contributed by atoms with Crippen molar-refractivity contribution in [3.63, 3.8) is 0 Å². The van der Waals surface area contributed by atoms with Crippen molar-refractivity contribution < 1.29 is 32.3 Å². The summed E-state index contributed by atoms with van der Waals surface area (Å²) in [6.07, 6.45) is -5.82. The normalized spacial score (nSPS) is 17.1. The number of amides is 3. The number of alkyl halides is 3. The number of benzene rings is 3. The van der Waals surface area contributed by atoms with Crippen LogP contribution in [0.1, 0.15) is 32.6 Å². The Morgan fingerprint density at radius 1 is 0.927 bits per heavy atom. The molecule has 3 aromatic rings. The number of rotatable bonds is 4. The molecule has 9 nitrogen and oxygen atoms in total. The molecule has 212 valence electrons. The predicted molar refractivity (Wildman–Crippen MR) is 145 cm³/mol. The predicted octanol–water partition coefficient (Wildman–Crippen LogP) is 3.47. The molecular weight excluding hydrogens is 539 g/mol. The first kappa shape index (κ1) is 27.8. The number of carbonyl (C=O) groups excluding carboxylic acids is 3. The van der Waals surface area contributed by atoms with E-state index in [1.807, 2.05) is 54.6 Å². The lowest BCUT2D eigenvalue weighted by Gasteiger charge is -2.31. The quantitative estimate of drug-likeness (QED) is 0.420. The first-order valence-corrected chi connectivity index (χ1v) is 12.9. The number of hydrazine groups is 1. The summed E-state index contributed by atoms with van der Waals surface area (Å²) in [5.74, 6) is -1.19. The third-order valence-corrected chi connectivity index (χ3v) is 6.73. The summed E-state index contributed by atoms with van der Waals surface area (Å²) in [7, 11) is 0. The van der Waals surface area contributed by atoms with Crippen LogP contribution in [0.2, 0.25) is 0 Å². The fourth-order valence-electron chi connectivity index (χ4n) is 4.71. The van der Waals surface area contributed by atoms with Gasteiger partial charge in [0.1, 0.15) is 0 Å². The van der Waals surface area contributed by atoms with Crippen molar-refractivity contribution in [2.75, 3.05) is 31.2 Å². The molecular formula is C29H26F3N5O4. The van der Waals surface area contributed by atoms with E-state index >= 15 is 0 Å². The average Bonchev–Trinajstić information content (AvgIpc) is 3.12. The van der Waals surface area contributed by atoms with E-state index in [1.165, 1.54) is 0 Å². The summed E-state index contributed by atoms with van der Waals surface area (Å²) >= 11 is 0. The Labute approximate surface area is 233 Å². The minimum absolute atomic E-state index is 0.0295. The molecule has 0 bridgehead atoms. The van der Waals surface area contributed by atoms with Gasteiger partial charge in [-0.3, -0.25) is 20.0 Å². The third kappa shape index (κ3) is 6.38. The number of fused-ring (bicyclic) bond motifs is 1. The van der Waals surface area contributed by atoms with Crippen molar-refractivity contribution in [3.8, 4) is 0 Å². The number of nitrogens with one attached hydrogen (secondary N) is 3. The molecule has 3 N–H and O–H groups in total. The molecule has 1 atom stereocenters. The number of ketones is 1. The minimum Gasteiger partial charge on any atom is -0.378 e. The van der Waals surface area contributed by atoms with E-state index in [4.69, 9.17) is 4.74 Å². The second-order valence-electron chi connectivity index (χ2n) is 9.43. The Morgan fingerprint density at radius 3 is 2.37 bits per heavy atom. The van der Waals surface area contributed by atoms with E-state index in [0.29, 0.717) is 32.0 Å². The van der Waals surface area contributed by atoms with Gasteiger partial charge >= 0.3 is 12.2 Å². The Hall–Kier alpha value is -4.71. The number of hydrogen-bond acceptors (Lipinski definition) is 6. The molecule has 0 saturated carbocycles. The van der Waals surface area contributed by atoms with E-state index in [0.717, 1.165) is 34.9 Å². The zero-order valence-corrected chi connectivity index (χ0v) is 21.7. The van der Waals surface area contributed by atoms with Crippen LogP contribution in [0.25, 0.3) is 0 Å². The molecule has 2 heterocycles. The Kier molecular flexibility index (Phi) is 8.02. The molecule has 2 aliphatic heterocycles. The molecule has 0 spiro atoms. The topological polar surface area (TPSA) is 112 Å². The molecule has 2 aliphatic rings. The van der Waals surface area contributed by atoms with Gasteiger partial charge in [-0.1, -0.05) is 54.6 Å². The van der Waals surface area contributed by atoms with Gasteiger partial charge in [0.25, 0.3) is 5.91 Å². The highest BCUT2D eigenvalue weighted by Crippen LogP contribution is 2.34. The Morgan fingerprint density at radius 2 is 1.63 bits per heavy atom. The van der Waals surface area contributed by atoms with E-state index in [1.54, 1.807) is 4.90 Å². The maximum atomic E-state index is 13.4. The lowest BCUT2D eigenvalue weighted by molar-refractivity contribution is -0.137. The van der Waals surface area contributed by atoms with E-state index < -0.39 is 29.8 Å². The van der Waals surface area contributed by atoms with Crippen molar-refractivity contribution >= 4 is 29.1 Å². The number of nitrogens with zero attached hydrogens (tertiary/aromatic N) is 2. The van der Waals surface area contributed by atoms with Crippen molar-refractivity contribution in [3.05, 3.63) is 101 Å². The number of carbonyl (C=O) groups is 3. The average molecular weight is 566 g/mol. The zero-order valence-electron chi connectivity index (χ0n) is 21.7. The van der Waals surface area contributed by atoms with Crippen LogP contribution in [0.15, 0.2) is 77.8 Å². The van der Waals surface area contributed by atoms with Gasteiger partial charge < -0.3 is 15.0 Å². The van der Waals surface area contributed by atoms with Gasteiger partial charge in [-0.15, -0.1) is 0 Å². The van der Waals surface area contributed by atoms with Crippen LogP contribution in [0, 0.1) is 0 Å². The van der Waals surface area contributed by atoms with E-state index in [9.17, 15) is 27.6 Å². The SMILES string of the molecule is O=C(NNC(=O)c1ccc(C(F)(F)F)cc1N1CCOCC1)N[C@H]1N=C(c2ccccc2)c2ccccc2CC1=O. The summed E-state index contributed by atoms with van der Waals surface area (Å²) in [6, 6.07) is 18.4. The number of aliphatic imine (C=N–C) groups is 1. The van der Waals surface area contributed by atoms with E-state index in [-0.39, 0.29) is 23.5 Å². The molecule has 0 unspecified atom stereocenters. The summed E-state index contributed by atoms with van der Waals surface area (Å²) < 4.78 is 45.4. The Balaban J connectivity index is 1.32. The molecule has 12 heteroatoms. The number of anilines is 1. The third-order valence-electron chi connectivity index (χ3n) is 6.73. The van der Waals surface area contributed by atoms with Gasteiger partial charge in [0, 0.05) is 30.6 Å². The molecule has 5 rings (SSSR count). The minimum atomic E-state index is -4.60. The Bertz CT molecular complexity index is 1490. The number of urea groups is 1. The first-order chi connectivity index (χ1) is 19.7. The van der Waals surface area contributed by atoms with Crippen LogP contribution in [-0.2, 0) is 22.1 Å². The zero-order chi connectivity index (χ0) is 29.0. The van der Waals surface area contributed by atoms with Gasteiger partial charge in [-0.05, 0) is 23.8 Å². The maximum absolute atomic E-state index is 13.4. The summed E-state index contributed by atoms with van der Waals surface area (Å²) in [5, 5.41) is 2.48. The number of hydrogen-bond donors (Lipinski definition) is 3. The number of morpholine rings is 1. The lowest BCUT2D eigenvalue weighted by Crippen LogP contribution is -2.51. The van der Waals surface area contributed by atoms with Crippen molar-refractivity contribution in [1.82, 2.24) is 16.2 Å². The van der Waals surface area contributed by atoms with Crippen molar-refractivity contribution in [1.29, 1.82) is 0 Å². The molecule has 3 amide bonds. The molecule has 0 aromatic heterocycles. The number of ether oxygens (including phenoxy) is 1. The monoisotopic (exact) mass is 565 g/mol. The summed E-state index contributed by atoms with van der Waals surface area (Å²) in [4.78, 5) is 45.0. The molecule has 0 radical (unpaired) electrons. The summed E-state index contributed by atoms with van der Waals surface area (Å²) in [5.41, 5.74) is 6.31. The van der Waals surface area contributed by atoms with Gasteiger partial charge in [-0.2, -0.15) is 13.2 Å². The second kappa shape index (κ2) is 11.8. The van der Waals surface area contributed by atoms with Crippen LogP contribution in [0.5, 0.6) is 0 Å². The highest BCUT2D eigenvalue weighted by atomic mass is 19.4. The lowest BCUT2D eigenvalue weighted by atomic mass is 9.96. The first-order valence-electron chi connectivity index (χ1n) is 12.9. The fraction of sp³-hybridized carbons (Fsp3) is 0.241. The highest BCUT2D eigenvalue weighted by molar-refractivity contribution is 6.16. The largest absolute Gasteiger partial charge is 0.416 e. The van der Waals surface area contributed by atoms with Crippen molar-refractivity contribution in [2.24, 2.45) is 4.99 Å². The fourth-order valence-corrected chi connectivity index (χ4v) is 4.71. The molecule has 1 saturated heterocycles. The van der Waals surface area contributed by atoms with Gasteiger partial charge in [-0.25, -0.2) is 10.2 Å².